The van der Waals surface area contributed by atoms with E-state index in [9.17, 15) is 4.79 Å². The van der Waals surface area contributed by atoms with Gasteiger partial charge in [-0.15, -0.1) is 0 Å². The fraction of sp³-hybridized carbons (Fsp3) is 0.500. The number of fused-ring (bicyclic) bond motifs is 3. The Hall–Kier alpha value is -2.43. The summed E-state index contributed by atoms with van der Waals surface area (Å²) < 4.78 is 17.3. The minimum absolute atomic E-state index is 0.00891. The van der Waals surface area contributed by atoms with Crippen LogP contribution in [0.1, 0.15) is 66.1 Å². The Morgan fingerprint density at radius 1 is 1.11 bits per heavy atom. The molecule has 5 nitrogen and oxygen atoms in total. The predicted octanol–water partition coefficient (Wildman–Crippen LogP) is 4.39. The molecule has 1 atom stereocenters. The van der Waals surface area contributed by atoms with Gasteiger partial charge in [-0.2, -0.15) is 0 Å². The highest BCUT2D eigenvalue weighted by atomic mass is 16.6. The molecule has 27 heavy (non-hydrogen) atoms. The summed E-state index contributed by atoms with van der Waals surface area (Å²) >= 11 is 0. The number of furan rings is 1. The van der Waals surface area contributed by atoms with Gasteiger partial charge in [0, 0.05) is 12.0 Å². The zero-order valence-corrected chi connectivity index (χ0v) is 15.9. The van der Waals surface area contributed by atoms with Gasteiger partial charge in [0.25, 0.3) is 5.91 Å². The number of carbonyl (C=O) groups is 1. The Morgan fingerprint density at radius 3 is 2.48 bits per heavy atom. The van der Waals surface area contributed by atoms with Crippen LogP contribution in [0.15, 0.2) is 28.7 Å². The third-order valence-electron chi connectivity index (χ3n) is 6.45. The standard InChI is InChI=1S/C22H25NO4/c1-14-5-6-18(27-14)21(24)23-13-22(7-3-4-8-22)17-12-20-19(25-9-10-26-20)11-16(17)15(23)2/h5-6,11-12,15H,3-4,7-10,13H2,1-2H3. The van der Waals surface area contributed by atoms with Crippen molar-refractivity contribution in [2.24, 2.45) is 0 Å². The molecular weight excluding hydrogens is 342 g/mol. The lowest BCUT2D eigenvalue weighted by Gasteiger charge is -2.46. The zero-order chi connectivity index (χ0) is 18.6. The van der Waals surface area contributed by atoms with Gasteiger partial charge in [0.1, 0.15) is 19.0 Å². The molecule has 1 aromatic heterocycles. The van der Waals surface area contributed by atoms with Crippen LogP contribution in [0.4, 0.5) is 0 Å². The fourth-order valence-corrected chi connectivity index (χ4v) is 5.04. The highest BCUT2D eigenvalue weighted by molar-refractivity contribution is 5.92. The van der Waals surface area contributed by atoms with E-state index in [0.29, 0.717) is 19.0 Å². The molecule has 1 fully saturated rings. The van der Waals surface area contributed by atoms with Gasteiger partial charge in [-0.25, -0.2) is 0 Å². The molecule has 2 aliphatic heterocycles. The van der Waals surface area contributed by atoms with Crippen LogP contribution < -0.4 is 9.47 Å². The molecule has 3 aliphatic rings. The van der Waals surface area contributed by atoms with E-state index in [1.54, 1.807) is 6.07 Å². The lowest BCUT2D eigenvalue weighted by molar-refractivity contribution is 0.0559. The topological polar surface area (TPSA) is 51.9 Å². The second-order valence-electron chi connectivity index (χ2n) is 8.09. The molecule has 142 valence electrons. The van der Waals surface area contributed by atoms with Crippen molar-refractivity contribution < 1.29 is 18.7 Å². The average molecular weight is 367 g/mol. The third-order valence-corrected chi connectivity index (χ3v) is 6.45. The van der Waals surface area contributed by atoms with Crippen LogP contribution in [0.3, 0.4) is 0 Å². The van der Waals surface area contributed by atoms with Crippen molar-refractivity contribution in [1.82, 2.24) is 4.90 Å². The number of rotatable bonds is 1. The number of hydrogen-bond donors (Lipinski definition) is 0. The summed E-state index contributed by atoms with van der Waals surface area (Å²) in [6.07, 6.45) is 4.61. The van der Waals surface area contributed by atoms with E-state index in [1.807, 2.05) is 17.9 Å². The first-order chi connectivity index (χ1) is 13.1. The molecule has 5 rings (SSSR count). The van der Waals surface area contributed by atoms with Gasteiger partial charge >= 0.3 is 0 Å². The van der Waals surface area contributed by atoms with Crippen LogP contribution in [-0.4, -0.2) is 30.6 Å². The summed E-state index contributed by atoms with van der Waals surface area (Å²) in [5, 5.41) is 0. The van der Waals surface area contributed by atoms with E-state index >= 15 is 0 Å². The van der Waals surface area contributed by atoms with Crippen molar-refractivity contribution in [2.75, 3.05) is 19.8 Å². The summed E-state index contributed by atoms with van der Waals surface area (Å²) in [5.74, 6) is 2.80. The Labute approximate surface area is 159 Å². The molecule has 0 N–H and O–H groups in total. The van der Waals surface area contributed by atoms with Crippen LogP contribution in [-0.2, 0) is 5.41 Å². The number of hydrogen-bond acceptors (Lipinski definition) is 4. The van der Waals surface area contributed by atoms with E-state index in [2.05, 4.69) is 19.1 Å². The highest BCUT2D eigenvalue weighted by Gasteiger charge is 2.46. The second-order valence-corrected chi connectivity index (χ2v) is 8.09. The Kier molecular flexibility index (Phi) is 3.74. The number of ether oxygens (including phenoxy) is 2. The van der Waals surface area contributed by atoms with E-state index in [-0.39, 0.29) is 17.4 Å². The first-order valence-corrected chi connectivity index (χ1v) is 9.89. The SMILES string of the molecule is Cc1ccc(C(=O)N2CC3(CCCC3)c3cc4c(cc3C2C)OCCO4)o1. The summed E-state index contributed by atoms with van der Waals surface area (Å²) in [6, 6.07) is 7.89. The monoisotopic (exact) mass is 367 g/mol. The van der Waals surface area contributed by atoms with Gasteiger partial charge < -0.3 is 18.8 Å². The fourth-order valence-electron chi connectivity index (χ4n) is 5.04. The van der Waals surface area contributed by atoms with Gasteiger partial charge in [-0.1, -0.05) is 12.8 Å². The van der Waals surface area contributed by atoms with Gasteiger partial charge in [0.15, 0.2) is 17.3 Å². The molecule has 1 aliphatic carbocycles. The van der Waals surface area contributed by atoms with Gasteiger partial charge in [-0.3, -0.25) is 4.79 Å². The maximum atomic E-state index is 13.2. The molecule has 1 unspecified atom stereocenters. The van der Waals surface area contributed by atoms with Gasteiger partial charge in [0.2, 0.25) is 0 Å². The van der Waals surface area contributed by atoms with Crippen LogP contribution in [0.2, 0.25) is 0 Å². The molecule has 0 saturated heterocycles. The Balaban J connectivity index is 1.61. The smallest absolute Gasteiger partial charge is 0.290 e. The first kappa shape index (κ1) is 16.7. The normalized spacial score (nSPS) is 22.7. The largest absolute Gasteiger partial charge is 0.486 e. The number of nitrogens with zero attached hydrogens (tertiary/aromatic N) is 1. The van der Waals surface area contributed by atoms with E-state index in [4.69, 9.17) is 13.9 Å². The number of aryl methyl sites for hydroxylation is 1. The molecule has 2 aromatic rings. The lowest BCUT2D eigenvalue weighted by atomic mass is 9.71. The summed E-state index contributed by atoms with van der Waals surface area (Å²) in [5.41, 5.74) is 2.54. The molecule has 5 heteroatoms. The van der Waals surface area contributed by atoms with Gasteiger partial charge in [0.05, 0.1) is 6.04 Å². The van der Waals surface area contributed by atoms with Crippen LogP contribution in [0.25, 0.3) is 0 Å². The van der Waals surface area contributed by atoms with Crippen molar-refractivity contribution >= 4 is 5.91 Å². The van der Waals surface area contributed by atoms with E-state index in [1.165, 1.54) is 24.0 Å². The van der Waals surface area contributed by atoms with Gasteiger partial charge in [-0.05, 0) is 62.1 Å². The van der Waals surface area contributed by atoms with Crippen LogP contribution in [0.5, 0.6) is 11.5 Å². The lowest BCUT2D eigenvalue weighted by Crippen LogP contribution is -2.48. The highest BCUT2D eigenvalue weighted by Crippen LogP contribution is 2.52. The summed E-state index contributed by atoms with van der Waals surface area (Å²) in [4.78, 5) is 15.2. The quantitative estimate of drug-likeness (QED) is 0.750. The number of amides is 1. The predicted molar refractivity (Wildman–Crippen MR) is 100 cm³/mol. The average Bonchev–Trinajstić information content (AvgIpc) is 3.33. The molecule has 3 heterocycles. The van der Waals surface area contributed by atoms with Crippen molar-refractivity contribution in [3.63, 3.8) is 0 Å². The number of carbonyl (C=O) groups excluding carboxylic acids is 1. The maximum absolute atomic E-state index is 13.2. The third kappa shape index (κ3) is 2.55. The van der Waals surface area contributed by atoms with Crippen LogP contribution in [0, 0.1) is 6.92 Å². The first-order valence-electron chi connectivity index (χ1n) is 9.89. The molecule has 0 radical (unpaired) electrons. The molecule has 1 aromatic carbocycles. The molecule has 0 bridgehead atoms. The molecule has 1 saturated carbocycles. The number of benzene rings is 1. The summed E-state index contributed by atoms with van der Waals surface area (Å²) in [6.45, 7) is 5.87. The van der Waals surface area contributed by atoms with Crippen molar-refractivity contribution in [1.29, 1.82) is 0 Å². The minimum Gasteiger partial charge on any atom is -0.486 e. The Morgan fingerprint density at radius 2 is 1.81 bits per heavy atom. The summed E-state index contributed by atoms with van der Waals surface area (Å²) in [7, 11) is 0. The Bertz CT molecular complexity index is 894. The zero-order valence-electron chi connectivity index (χ0n) is 15.9. The molecule has 1 amide bonds. The maximum Gasteiger partial charge on any atom is 0.290 e. The van der Waals surface area contributed by atoms with Crippen molar-refractivity contribution in [3.8, 4) is 11.5 Å². The van der Waals surface area contributed by atoms with Crippen molar-refractivity contribution in [2.45, 2.75) is 51.0 Å². The minimum atomic E-state index is -0.0278. The van der Waals surface area contributed by atoms with Crippen LogP contribution >= 0.6 is 0 Å². The second kappa shape index (κ2) is 6.04. The van der Waals surface area contributed by atoms with E-state index < -0.39 is 0 Å². The molecular formula is C22H25NO4. The van der Waals surface area contributed by atoms with Crippen molar-refractivity contribution in [3.05, 3.63) is 46.9 Å². The van der Waals surface area contributed by atoms with E-state index in [0.717, 1.165) is 36.6 Å². The molecule has 1 spiro atoms.